The number of likely N-dealkylation sites (tertiary alicyclic amines) is 1. The lowest BCUT2D eigenvalue weighted by Gasteiger charge is -2.30. The molecule has 1 saturated heterocycles. The minimum absolute atomic E-state index is 0.136. The topological polar surface area (TPSA) is 49.3 Å². The summed E-state index contributed by atoms with van der Waals surface area (Å²) in [6.07, 6.45) is 3.16. The van der Waals surface area contributed by atoms with Gasteiger partial charge in [-0.25, -0.2) is 0 Å². The molecule has 0 saturated carbocycles. The van der Waals surface area contributed by atoms with Crippen LogP contribution in [-0.2, 0) is 6.54 Å². The molecule has 1 amide bonds. The van der Waals surface area contributed by atoms with E-state index < -0.39 is 0 Å². The van der Waals surface area contributed by atoms with Crippen LogP contribution in [-0.4, -0.2) is 40.6 Å². The second-order valence-corrected chi connectivity index (χ2v) is 9.32. The van der Waals surface area contributed by atoms with Gasteiger partial charge in [0.1, 0.15) is 5.01 Å². The SMILES string of the molecule is CCCCN(C(=O)c1ccccc1Cl)c1nnc(-c2ccc(CN3CCC3)cc2C)s1. The number of aromatic nitrogens is 2. The van der Waals surface area contributed by atoms with E-state index in [1.54, 1.807) is 17.0 Å². The summed E-state index contributed by atoms with van der Waals surface area (Å²) in [5.74, 6) is -0.136. The third-order valence-corrected chi connectivity index (χ3v) is 6.92. The van der Waals surface area contributed by atoms with Crippen LogP contribution in [0.3, 0.4) is 0 Å². The summed E-state index contributed by atoms with van der Waals surface area (Å²) in [6.45, 7) is 8.18. The highest BCUT2D eigenvalue weighted by Gasteiger charge is 2.23. The number of anilines is 1. The van der Waals surface area contributed by atoms with Crippen LogP contribution in [0.2, 0.25) is 5.02 Å². The van der Waals surface area contributed by atoms with Crippen LogP contribution in [0.5, 0.6) is 0 Å². The first-order valence-electron chi connectivity index (χ1n) is 10.8. The molecule has 3 aromatic rings. The highest BCUT2D eigenvalue weighted by Crippen LogP contribution is 2.33. The number of unbranched alkanes of at least 4 members (excludes halogenated alkanes) is 1. The lowest BCUT2D eigenvalue weighted by Crippen LogP contribution is -2.36. The van der Waals surface area contributed by atoms with Crippen molar-refractivity contribution in [2.24, 2.45) is 0 Å². The van der Waals surface area contributed by atoms with Crippen LogP contribution in [0, 0.1) is 6.92 Å². The Morgan fingerprint density at radius 2 is 2.00 bits per heavy atom. The monoisotopic (exact) mass is 454 g/mol. The van der Waals surface area contributed by atoms with Crippen molar-refractivity contribution in [3.63, 3.8) is 0 Å². The maximum atomic E-state index is 13.2. The first kappa shape index (κ1) is 21.9. The molecule has 5 nitrogen and oxygen atoms in total. The van der Waals surface area contributed by atoms with Crippen molar-refractivity contribution in [1.29, 1.82) is 0 Å². The lowest BCUT2D eigenvalue weighted by molar-refractivity contribution is 0.0986. The second-order valence-electron chi connectivity index (χ2n) is 7.96. The number of rotatable bonds is 8. The fourth-order valence-corrected chi connectivity index (χ4v) is 4.85. The van der Waals surface area contributed by atoms with Gasteiger partial charge in [0.05, 0.1) is 10.6 Å². The van der Waals surface area contributed by atoms with E-state index in [9.17, 15) is 4.79 Å². The zero-order valence-corrected chi connectivity index (χ0v) is 19.5. The summed E-state index contributed by atoms with van der Waals surface area (Å²) < 4.78 is 0. The summed E-state index contributed by atoms with van der Waals surface area (Å²) >= 11 is 7.74. The molecule has 1 aliphatic heterocycles. The molecule has 2 heterocycles. The van der Waals surface area contributed by atoms with E-state index in [0.717, 1.165) is 30.0 Å². The quantitative estimate of drug-likeness (QED) is 0.430. The van der Waals surface area contributed by atoms with Crippen LogP contribution < -0.4 is 4.90 Å². The van der Waals surface area contributed by atoms with E-state index in [1.807, 2.05) is 12.1 Å². The maximum absolute atomic E-state index is 13.2. The number of halogens is 1. The number of carbonyl (C=O) groups is 1. The average Bonchev–Trinajstić information content (AvgIpc) is 3.21. The van der Waals surface area contributed by atoms with Crippen molar-refractivity contribution in [2.75, 3.05) is 24.5 Å². The first-order valence-corrected chi connectivity index (χ1v) is 12.0. The van der Waals surface area contributed by atoms with Gasteiger partial charge in [0.15, 0.2) is 0 Å². The van der Waals surface area contributed by atoms with E-state index in [-0.39, 0.29) is 5.91 Å². The molecule has 0 unspecified atom stereocenters. The van der Waals surface area contributed by atoms with Gasteiger partial charge >= 0.3 is 0 Å². The number of aryl methyl sites for hydroxylation is 1. The third kappa shape index (κ3) is 4.97. The molecular formula is C24H27ClN4OS. The Bertz CT molecular complexity index is 1060. The van der Waals surface area contributed by atoms with Gasteiger partial charge in [-0.15, -0.1) is 10.2 Å². The Balaban J connectivity index is 1.58. The molecule has 1 aliphatic rings. The summed E-state index contributed by atoms with van der Waals surface area (Å²) in [5, 5.41) is 10.7. The number of benzene rings is 2. The smallest absolute Gasteiger partial charge is 0.261 e. The molecule has 7 heteroatoms. The Labute approximate surface area is 192 Å². The van der Waals surface area contributed by atoms with E-state index in [0.29, 0.717) is 22.3 Å². The van der Waals surface area contributed by atoms with Crippen molar-refractivity contribution in [3.05, 3.63) is 64.2 Å². The van der Waals surface area contributed by atoms with E-state index in [1.165, 1.54) is 42.0 Å². The standard InChI is InChI=1S/C24H27ClN4OS/c1-3-4-14-29(23(30)20-8-5-6-9-21(20)25)24-27-26-22(31-24)19-11-10-18(15-17(19)2)16-28-12-7-13-28/h5-6,8-11,15H,3-4,7,12-14,16H2,1-2H3. The molecule has 1 aromatic heterocycles. The Kier molecular flexibility index (Phi) is 7.00. The summed E-state index contributed by atoms with van der Waals surface area (Å²) in [7, 11) is 0. The molecule has 0 radical (unpaired) electrons. The summed E-state index contributed by atoms with van der Waals surface area (Å²) in [5.41, 5.74) is 4.06. The van der Waals surface area contributed by atoms with Crippen LogP contribution in [0.25, 0.3) is 10.6 Å². The lowest BCUT2D eigenvalue weighted by atomic mass is 10.0. The molecule has 0 bridgehead atoms. The van der Waals surface area contributed by atoms with Gasteiger partial charge in [0.2, 0.25) is 5.13 Å². The van der Waals surface area contributed by atoms with Gasteiger partial charge < -0.3 is 0 Å². The molecule has 0 aliphatic carbocycles. The van der Waals surface area contributed by atoms with Crippen LogP contribution in [0.4, 0.5) is 5.13 Å². The molecule has 0 atom stereocenters. The van der Waals surface area contributed by atoms with Gasteiger partial charge in [-0.1, -0.05) is 66.6 Å². The number of carbonyl (C=O) groups excluding carboxylic acids is 1. The third-order valence-electron chi connectivity index (χ3n) is 5.61. The largest absolute Gasteiger partial charge is 0.299 e. The highest BCUT2D eigenvalue weighted by atomic mass is 35.5. The van der Waals surface area contributed by atoms with Crippen molar-refractivity contribution in [2.45, 2.75) is 39.7 Å². The minimum Gasteiger partial charge on any atom is -0.299 e. The Hall–Kier alpha value is -2.28. The van der Waals surface area contributed by atoms with Crippen molar-refractivity contribution < 1.29 is 4.79 Å². The fraction of sp³-hybridized carbons (Fsp3) is 0.375. The molecule has 162 valence electrons. The molecular weight excluding hydrogens is 428 g/mol. The van der Waals surface area contributed by atoms with Crippen LogP contribution in [0.1, 0.15) is 47.7 Å². The van der Waals surface area contributed by atoms with E-state index >= 15 is 0 Å². The van der Waals surface area contributed by atoms with Gasteiger partial charge in [0, 0.05) is 18.7 Å². The zero-order chi connectivity index (χ0) is 21.8. The minimum atomic E-state index is -0.136. The summed E-state index contributed by atoms with van der Waals surface area (Å²) in [6, 6.07) is 13.7. The number of hydrogen-bond donors (Lipinski definition) is 0. The van der Waals surface area contributed by atoms with Crippen LogP contribution in [0.15, 0.2) is 42.5 Å². The van der Waals surface area contributed by atoms with Crippen molar-refractivity contribution >= 4 is 34.0 Å². The number of amides is 1. The van der Waals surface area contributed by atoms with E-state index in [2.05, 4.69) is 47.1 Å². The number of nitrogens with zero attached hydrogens (tertiary/aromatic N) is 4. The number of hydrogen-bond acceptors (Lipinski definition) is 5. The highest BCUT2D eigenvalue weighted by molar-refractivity contribution is 7.18. The molecule has 0 spiro atoms. The Morgan fingerprint density at radius 1 is 1.19 bits per heavy atom. The van der Waals surface area contributed by atoms with Gasteiger partial charge in [0.25, 0.3) is 5.91 Å². The average molecular weight is 455 g/mol. The zero-order valence-electron chi connectivity index (χ0n) is 18.0. The fourth-order valence-electron chi connectivity index (χ4n) is 3.68. The maximum Gasteiger partial charge on any atom is 0.261 e. The van der Waals surface area contributed by atoms with Gasteiger partial charge in [-0.2, -0.15) is 0 Å². The van der Waals surface area contributed by atoms with Gasteiger partial charge in [-0.05, 0) is 56.1 Å². The van der Waals surface area contributed by atoms with Crippen LogP contribution >= 0.6 is 22.9 Å². The summed E-state index contributed by atoms with van der Waals surface area (Å²) in [4.78, 5) is 17.4. The normalized spacial score (nSPS) is 13.8. The predicted octanol–water partition coefficient (Wildman–Crippen LogP) is 5.82. The molecule has 0 N–H and O–H groups in total. The Morgan fingerprint density at radius 3 is 2.68 bits per heavy atom. The van der Waals surface area contributed by atoms with Crippen molar-refractivity contribution in [1.82, 2.24) is 15.1 Å². The van der Waals surface area contributed by atoms with Crippen molar-refractivity contribution in [3.8, 4) is 10.6 Å². The first-order chi connectivity index (χ1) is 15.1. The molecule has 31 heavy (non-hydrogen) atoms. The second kappa shape index (κ2) is 9.90. The molecule has 2 aromatic carbocycles. The molecule has 4 rings (SSSR count). The predicted molar refractivity (Wildman–Crippen MR) is 128 cm³/mol. The van der Waals surface area contributed by atoms with Gasteiger partial charge in [-0.3, -0.25) is 14.6 Å². The van der Waals surface area contributed by atoms with E-state index in [4.69, 9.17) is 11.6 Å². The molecule has 1 fully saturated rings.